The number of allylic oxidation sites excluding steroid dienone is 1. The Labute approximate surface area is 163 Å². The summed E-state index contributed by atoms with van der Waals surface area (Å²) in [4.78, 5) is 2.21. The minimum absolute atomic E-state index is 0.0812. The maximum absolute atomic E-state index is 9.66. The SMILES string of the molecule is CCN(CC)c1ccc2c(c1)OC(N)=C(C#N)[C@@H]2c1c(Cl)cccc1Cl. The summed E-state index contributed by atoms with van der Waals surface area (Å²) in [5.74, 6) is 0.236. The molecule has 0 saturated heterocycles. The summed E-state index contributed by atoms with van der Waals surface area (Å²) in [6, 6.07) is 13.4. The van der Waals surface area contributed by atoms with Crippen LogP contribution in [0.25, 0.3) is 0 Å². The summed E-state index contributed by atoms with van der Waals surface area (Å²) < 4.78 is 5.77. The number of halogens is 2. The van der Waals surface area contributed by atoms with Crippen molar-refractivity contribution in [2.75, 3.05) is 18.0 Å². The molecule has 0 amide bonds. The monoisotopic (exact) mass is 387 g/mol. The summed E-state index contributed by atoms with van der Waals surface area (Å²) in [6.07, 6.45) is 0. The maximum atomic E-state index is 9.66. The Kier molecular flexibility index (Phi) is 5.31. The predicted octanol–water partition coefficient (Wildman–Crippen LogP) is 5.06. The van der Waals surface area contributed by atoms with Crippen LogP contribution in [0.2, 0.25) is 10.0 Å². The second-order valence-electron chi connectivity index (χ2n) is 5.95. The zero-order valence-corrected chi connectivity index (χ0v) is 16.1. The Balaban J connectivity index is 2.21. The van der Waals surface area contributed by atoms with Crippen LogP contribution in [-0.2, 0) is 0 Å². The van der Waals surface area contributed by atoms with E-state index < -0.39 is 5.92 Å². The summed E-state index contributed by atoms with van der Waals surface area (Å²) in [5, 5.41) is 10.6. The molecule has 4 nitrogen and oxygen atoms in total. The summed E-state index contributed by atoms with van der Waals surface area (Å²) in [6.45, 7) is 5.95. The van der Waals surface area contributed by atoms with E-state index in [0.717, 1.165) is 24.3 Å². The number of fused-ring (bicyclic) bond motifs is 1. The number of nitrogens with zero attached hydrogens (tertiary/aromatic N) is 2. The molecule has 0 bridgehead atoms. The van der Waals surface area contributed by atoms with Gasteiger partial charge in [-0.05, 0) is 32.0 Å². The lowest BCUT2D eigenvalue weighted by atomic mass is 9.83. The maximum Gasteiger partial charge on any atom is 0.205 e. The zero-order valence-electron chi connectivity index (χ0n) is 14.6. The molecule has 0 aromatic heterocycles. The van der Waals surface area contributed by atoms with Crippen molar-refractivity contribution in [2.45, 2.75) is 19.8 Å². The molecule has 6 heteroatoms. The van der Waals surface area contributed by atoms with Gasteiger partial charge in [-0.3, -0.25) is 0 Å². The Morgan fingerprint density at radius 3 is 2.38 bits per heavy atom. The molecule has 1 aliphatic rings. The second-order valence-corrected chi connectivity index (χ2v) is 6.77. The number of ether oxygens (including phenoxy) is 1. The van der Waals surface area contributed by atoms with Gasteiger partial charge in [0.15, 0.2) is 0 Å². The van der Waals surface area contributed by atoms with E-state index in [1.165, 1.54) is 0 Å². The molecule has 0 radical (unpaired) electrons. The van der Waals surface area contributed by atoms with Crippen LogP contribution in [0, 0.1) is 11.3 Å². The van der Waals surface area contributed by atoms with Gasteiger partial charge >= 0.3 is 0 Å². The molecule has 2 aromatic carbocycles. The Morgan fingerprint density at radius 1 is 1.15 bits per heavy atom. The molecule has 0 aliphatic carbocycles. The number of nitriles is 1. The molecule has 1 atom stereocenters. The highest BCUT2D eigenvalue weighted by Crippen LogP contribution is 2.47. The lowest BCUT2D eigenvalue weighted by Crippen LogP contribution is -2.24. The Bertz CT molecular complexity index is 894. The highest BCUT2D eigenvalue weighted by molar-refractivity contribution is 6.36. The molecule has 2 N–H and O–H groups in total. The summed E-state index contributed by atoms with van der Waals surface area (Å²) >= 11 is 12.8. The molecule has 134 valence electrons. The first-order valence-corrected chi connectivity index (χ1v) is 9.17. The van der Waals surface area contributed by atoms with Gasteiger partial charge in [-0.1, -0.05) is 35.3 Å². The van der Waals surface area contributed by atoms with Gasteiger partial charge in [0.05, 0.1) is 5.92 Å². The lowest BCUT2D eigenvalue weighted by molar-refractivity contribution is 0.393. The van der Waals surface area contributed by atoms with Gasteiger partial charge in [0.2, 0.25) is 5.88 Å². The van der Waals surface area contributed by atoms with Crippen molar-refractivity contribution in [2.24, 2.45) is 5.73 Å². The van der Waals surface area contributed by atoms with Gasteiger partial charge in [0.1, 0.15) is 17.4 Å². The van der Waals surface area contributed by atoms with E-state index >= 15 is 0 Å². The second kappa shape index (κ2) is 7.49. The van der Waals surface area contributed by atoms with Crippen molar-refractivity contribution in [3.63, 3.8) is 0 Å². The minimum atomic E-state index is -0.462. The lowest BCUT2D eigenvalue weighted by Gasteiger charge is -2.29. The van der Waals surface area contributed by atoms with Gasteiger partial charge in [-0.25, -0.2) is 0 Å². The number of hydrogen-bond acceptors (Lipinski definition) is 4. The largest absolute Gasteiger partial charge is 0.440 e. The summed E-state index contributed by atoms with van der Waals surface area (Å²) in [5.41, 5.74) is 8.88. The molecule has 2 aromatic rings. The third-order valence-electron chi connectivity index (χ3n) is 4.62. The summed E-state index contributed by atoms with van der Waals surface area (Å²) in [7, 11) is 0. The van der Waals surface area contributed by atoms with Crippen molar-refractivity contribution in [1.82, 2.24) is 0 Å². The average Bonchev–Trinajstić information content (AvgIpc) is 2.62. The third-order valence-corrected chi connectivity index (χ3v) is 5.28. The Hall–Kier alpha value is -2.35. The first-order valence-electron chi connectivity index (χ1n) is 8.42. The topological polar surface area (TPSA) is 62.3 Å². The van der Waals surface area contributed by atoms with Crippen LogP contribution in [-0.4, -0.2) is 13.1 Å². The van der Waals surface area contributed by atoms with Gasteiger partial charge in [0, 0.05) is 46.0 Å². The fourth-order valence-corrected chi connectivity index (χ4v) is 3.93. The molecule has 0 spiro atoms. The number of rotatable bonds is 4. The normalized spacial score (nSPS) is 15.9. The van der Waals surface area contributed by atoms with Gasteiger partial charge in [-0.15, -0.1) is 0 Å². The molecule has 0 saturated carbocycles. The highest BCUT2D eigenvalue weighted by atomic mass is 35.5. The minimum Gasteiger partial charge on any atom is -0.440 e. The smallest absolute Gasteiger partial charge is 0.205 e. The van der Waals surface area contributed by atoms with E-state index in [4.69, 9.17) is 33.7 Å². The average molecular weight is 388 g/mol. The zero-order chi connectivity index (χ0) is 18.8. The predicted molar refractivity (Wildman–Crippen MR) is 106 cm³/mol. The molecule has 26 heavy (non-hydrogen) atoms. The van der Waals surface area contributed by atoms with E-state index in [9.17, 15) is 5.26 Å². The van der Waals surface area contributed by atoms with Crippen LogP contribution in [0.1, 0.15) is 30.9 Å². The number of benzene rings is 2. The van der Waals surface area contributed by atoms with Crippen LogP contribution in [0.15, 0.2) is 47.9 Å². The number of anilines is 1. The van der Waals surface area contributed by atoms with Crippen LogP contribution in [0.3, 0.4) is 0 Å². The highest BCUT2D eigenvalue weighted by Gasteiger charge is 2.33. The van der Waals surface area contributed by atoms with Gasteiger partial charge in [0.25, 0.3) is 0 Å². The Morgan fingerprint density at radius 2 is 1.81 bits per heavy atom. The number of nitrogens with two attached hydrogens (primary N) is 1. The third kappa shape index (κ3) is 3.09. The molecule has 3 rings (SSSR count). The van der Waals surface area contributed by atoms with E-state index in [2.05, 4.69) is 24.8 Å². The van der Waals surface area contributed by atoms with E-state index in [-0.39, 0.29) is 5.88 Å². The van der Waals surface area contributed by atoms with Gasteiger partial charge in [-0.2, -0.15) is 5.26 Å². The van der Waals surface area contributed by atoms with Crippen molar-refractivity contribution in [1.29, 1.82) is 5.26 Å². The molecule has 1 heterocycles. The standard InChI is InChI=1S/C20H19Cl2N3O/c1-3-25(4-2)12-8-9-13-17(10-12)26-20(24)14(11-23)18(13)19-15(21)6-5-7-16(19)22/h5-10,18H,3-4,24H2,1-2H3/t18-/m1/s1. The molecular weight excluding hydrogens is 369 g/mol. The molecule has 0 fully saturated rings. The van der Waals surface area contributed by atoms with Crippen molar-refractivity contribution >= 4 is 28.9 Å². The van der Waals surface area contributed by atoms with E-state index in [0.29, 0.717) is 26.9 Å². The fraction of sp³-hybridized carbons (Fsp3) is 0.250. The van der Waals surface area contributed by atoms with Crippen LogP contribution >= 0.6 is 23.2 Å². The fourth-order valence-electron chi connectivity index (χ4n) is 3.31. The molecule has 1 aliphatic heterocycles. The first-order chi connectivity index (χ1) is 12.5. The molecular formula is C20H19Cl2N3O. The van der Waals surface area contributed by atoms with Crippen LogP contribution in [0.5, 0.6) is 5.75 Å². The number of hydrogen-bond donors (Lipinski definition) is 1. The van der Waals surface area contributed by atoms with Crippen molar-refractivity contribution in [3.05, 3.63) is 69.0 Å². The van der Waals surface area contributed by atoms with E-state index in [1.807, 2.05) is 18.2 Å². The van der Waals surface area contributed by atoms with Gasteiger partial charge < -0.3 is 15.4 Å². The van der Waals surface area contributed by atoms with Crippen LogP contribution < -0.4 is 15.4 Å². The van der Waals surface area contributed by atoms with Crippen LogP contribution in [0.4, 0.5) is 5.69 Å². The van der Waals surface area contributed by atoms with Crippen molar-refractivity contribution in [3.8, 4) is 11.8 Å². The van der Waals surface area contributed by atoms with E-state index in [1.54, 1.807) is 18.2 Å². The quantitative estimate of drug-likeness (QED) is 0.796. The molecule has 0 unspecified atom stereocenters. The first kappa shape index (κ1) is 18.4. The van der Waals surface area contributed by atoms with Crippen molar-refractivity contribution < 1.29 is 4.74 Å².